The van der Waals surface area contributed by atoms with Crippen LogP contribution >= 0.6 is 0 Å². The molecule has 7 heteroatoms. The summed E-state index contributed by atoms with van der Waals surface area (Å²) in [5.41, 5.74) is 0. The molecule has 0 spiro atoms. The maximum Gasteiger partial charge on any atom is 0.328 e. The number of aliphatic carboxylic acids is 2. The Morgan fingerprint density at radius 2 is 1.27 bits per heavy atom. The third-order valence-corrected chi connectivity index (χ3v) is 0.946. The van der Waals surface area contributed by atoms with Gasteiger partial charge < -0.3 is 25.7 Å². The second kappa shape index (κ2) is 12.6. The van der Waals surface area contributed by atoms with Crippen LogP contribution in [0.3, 0.4) is 0 Å². The van der Waals surface area contributed by atoms with E-state index in [0.717, 1.165) is 0 Å². The summed E-state index contributed by atoms with van der Waals surface area (Å²) in [6.45, 7) is 1.42. The van der Waals surface area contributed by atoms with Crippen LogP contribution in [0.2, 0.25) is 0 Å². The fourth-order valence-electron chi connectivity index (χ4n) is 0.426. The summed E-state index contributed by atoms with van der Waals surface area (Å²) in [7, 11) is 0. The van der Waals surface area contributed by atoms with Gasteiger partial charge in [0.05, 0.1) is 13.2 Å². The Morgan fingerprint density at radius 1 is 0.933 bits per heavy atom. The van der Waals surface area contributed by atoms with E-state index in [1.807, 2.05) is 0 Å². The molecule has 0 aromatic rings. The summed E-state index contributed by atoms with van der Waals surface area (Å²) in [5, 5.41) is 34.7. The number of nitrogens with one attached hydrogen (secondary N) is 1. The monoisotopic (exact) mass is 221 g/mol. The highest BCUT2D eigenvalue weighted by molar-refractivity contribution is 5.89. The molecule has 7 nitrogen and oxygen atoms in total. The molecule has 0 bridgehead atoms. The number of aliphatic hydroxyl groups excluding tert-OH is 2. The van der Waals surface area contributed by atoms with E-state index in [-0.39, 0.29) is 13.2 Å². The Labute approximate surface area is 86.7 Å². The molecule has 0 amide bonds. The van der Waals surface area contributed by atoms with Gasteiger partial charge in [0, 0.05) is 25.2 Å². The van der Waals surface area contributed by atoms with Crippen molar-refractivity contribution < 1.29 is 30.0 Å². The van der Waals surface area contributed by atoms with Crippen molar-refractivity contribution in [2.24, 2.45) is 0 Å². The predicted octanol–water partition coefficient (Wildman–Crippen LogP) is -1.73. The molecule has 15 heavy (non-hydrogen) atoms. The van der Waals surface area contributed by atoms with E-state index in [4.69, 9.17) is 20.4 Å². The highest BCUT2D eigenvalue weighted by Gasteiger charge is 1.88. The van der Waals surface area contributed by atoms with Crippen LogP contribution in [0.5, 0.6) is 0 Å². The molecule has 0 saturated carbocycles. The van der Waals surface area contributed by atoms with Crippen molar-refractivity contribution in [3.8, 4) is 0 Å². The second-order valence-electron chi connectivity index (χ2n) is 2.21. The standard InChI is InChI=1S/C4H11NO2.C4H4O4/c6-3-1-5-2-4-7;5-3(6)1-2-4(7)8/h5-7H,1-4H2;1-2H,(H,5,6)(H,7,8)/b;2-1+. The molecule has 0 heterocycles. The van der Waals surface area contributed by atoms with Crippen LogP contribution in [0.4, 0.5) is 0 Å². The SMILES string of the molecule is O=C(O)/C=C/C(=O)O.OCCNCCO. The molecular formula is C8H15NO6. The molecule has 0 rings (SSSR count). The lowest BCUT2D eigenvalue weighted by atomic mass is 10.5. The lowest BCUT2D eigenvalue weighted by Crippen LogP contribution is -2.21. The summed E-state index contributed by atoms with van der Waals surface area (Å²) in [5.74, 6) is -2.51. The van der Waals surface area contributed by atoms with E-state index in [0.29, 0.717) is 25.2 Å². The average Bonchev–Trinajstić information content (AvgIpc) is 2.17. The first-order chi connectivity index (χ1) is 7.04. The summed E-state index contributed by atoms with van der Waals surface area (Å²) < 4.78 is 0. The van der Waals surface area contributed by atoms with Gasteiger partial charge in [0.15, 0.2) is 0 Å². The largest absolute Gasteiger partial charge is 0.478 e. The van der Waals surface area contributed by atoms with Crippen LogP contribution in [0.25, 0.3) is 0 Å². The maximum absolute atomic E-state index is 9.55. The summed E-state index contributed by atoms with van der Waals surface area (Å²) in [4.78, 5) is 19.1. The van der Waals surface area contributed by atoms with Crippen molar-refractivity contribution in [3.05, 3.63) is 12.2 Å². The molecule has 88 valence electrons. The van der Waals surface area contributed by atoms with E-state index in [1.54, 1.807) is 0 Å². The van der Waals surface area contributed by atoms with Crippen LogP contribution in [0.15, 0.2) is 12.2 Å². The minimum atomic E-state index is -1.26. The zero-order chi connectivity index (χ0) is 12.1. The molecule has 0 aromatic carbocycles. The zero-order valence-electron chi connectivity index (χ0n) is 8.09. The summed E-state index contributed by atoms with van der Waals surface area (Å²) >= 11 is 0. The van der Waals surface area contributed by atoms with Gasteiger partial charge in [-0.05, 0) is 0 Å². The lowest BCUT2D eigenvalue weighted by molar-refractivity contribution is -0.134. The Morgan fingerprint density at radius 3 is 1.47 bits per heavy atom. The minimum Gasteiger partial charge on any atom is -0.478 e. The van der Waals surface area contributed by atoms with Crippen LogP contribution in [-0.2, 0) is 9.59 Å². The van der Waals surface area contributed by atoms with Crippen molar-refractivity contribution in [2.75, 3.05) is 26.3 Å². The first-order valence-electron chi connectivity index (χ1n) is 4.11. The number of aliphatic hydroxyl groups is 2. The number of carboxylic acid groups (broad SMARTS) is 2. The Kier molecular flexibility index (Phi) is 13.4. The van der Waals surface area contributed by atoms with E-state index < -0.39 is 11.9 Å². The highest BCUT2D eigenvalue weighted by Crippen LogP contribution is 1.70. The van der Waals surface area contributed by atoms with Crippen LogP contribution in [-0.4, -0.2) is 58.7 Å². The topological polar surface area (TPSA) is 127 Å². The molecule has 0 aliphatic carbocycles. The molecule has 0 atom stereocenters. The average molecular weight is 221 g/mol. The quantitative estimate of drug-likeness (QED) is 0.266. The number of hydrogen-bond donors (Lipinski definition) is 5. The molecule has 5 N–H and O–H groups in total. The lowest BCUT2D eigenvalue weighted by Gasteiger charge is -1.94. The fourth-order valence-corrected chi connectivity index (χ4v) is 0.426. The Bertz CT molecular complexity index is 183. The molecule has 0 unspecified atom stereocenters. The summed E-state index contributed by atoms with van der Waals surface area (Å²) in [6.07, 6.45) is 1.12. The van der Waals surface area contributed by atoms with Gasteiger partial charge in [-0.15, -0.1) is 0 Å². The Balaban J connectivity index is 0. The van der Waals surface area contributed by atoms with E-state index in [2.05, 4.69) is 5.32 Å². The number of carbonyl (C=O) groups is 2. The molecule has 0 aliphatic rings. The van der Waals surface area contributed by atoms with E-state index >= 15 is 0 Å². The van der Waals surface area contributed by atoms with Crippen molar-refractivity contribution >= 4 is 11.9 Å². The van der Waals surface area contributed by atoms with Gasteiger partial charge in [-0.3, -0.25) is 0 Å². The van der Waals surface area contributed by atoms with E-state index in [9.17, 15) is 9.59 Å². The maximum atomic E-state index is 9.55. The molecule has 0 aliphatic heterocycles. The molecule has 0 saturated heterocycles. The van der Waals surface area contributed by atoms with Gasteiger partial charge in [0.2, 0.25) is 0 Å². The number of rotatable bonds is 6. The molecule has 0 fully saturated rings. The van der Waals surface area contributed by atoms with Crippen LogP contribution < -0.4 is 5.32 Å². The highest BCUT2D eigenvalue weighted by atomic mass is 16.4. The normalized spacial score (nSPS) is 9.47. The van der Waals surface area contributed by atoms with Crippen molar-refractivity contribution in [2.45, 2.75) is 0 Å². The first kappa shape index (κ1) is 16.0. The van der Waals surface area contributed by atoms with Crippen molar-refractivity contribution in [1.82, 2.24) is 5.32 Å². The van der Waals surface area contributed by atoms with E-state index in [1.165, 1.54) is 0 Å². The molecular weight excluding hydrogens is 206 g/mol. The summed E-state index contributed by atoms with van der Waals surface area (Å²) in [6, 6.07) is 0. The van der Waals surface area contributed by atoms with Gasteiger partial charge in [0.25, 0.3) is 0 Å². The van der Waals surface area contributed by atoms with Crippen molar-refractivity contribution in [3.63, 3.8) is 0 Å². The van der Waals surface area contributed by atoms with Crippen LogP contribution in [0.1, 0.15) is 0 Å². The molecule has 0 aromatic heterocycles. The van der Waals surface area contributed by atoms with Gasteiger partial charge in [-0.25, -0.2) is 9.59 Å². The smallest absolute Gasteiger partial charge is 0.328 e. The zero-order valence-corrected chi connectivity index (χ0v) is 8.09. The third kappa shape index (κ3) is 24.5. The fraction of sp³-hybridized carbons (Fsp3) is 0.500. The number of hydrogen-bond acceptors (Lipinski definition) is 5. The van der Waals surface area contributed by atoms with Gasteiger partial charge >= 0.3 is 11.9 Å². The molecule has 0 radical (unpaired) electrons. The number of carboxylic acids is 2. The first-order valence-corrected chi connectivity index (χ1v) is 4.11. The van der Waals surface area contributed by atoms with Gasteiger partial charge in [-0.1, -0.05) is 0 Å². The third-order valence-electron chi connectivity index (χ3n) is 0.946. The van der Waals surface area contributed by atoms with Crippen LogP contribution in [0, 0.1) is 0 Å². The second-order valence-corrected chi connectivity index (χ2v) is 2.21. The van der Waals surface area contributed by atoms with Crippen molar-refractivity contribution in [1.29, 1.82) is 0 Å². The van der Waals surface area contributed by atoms with Gasteiger partial charge in [0.1, 0.15) is 0 Å². The van der Waals surface area contributed by atoms with Gasteiger partial charge in [-0.2, -0.15) is 0 Å². The minimum absolute atomic E-state index is 0.139. The predicted molar refractivity (Wildman–Crippen MR) is 51.5 cm³/mol. The Hall–Kier alpha value is -1.44.